The molecule has 3 nitrogen and oxygen atoms in total. The Labute approximate surface area is 90.5 Å². The van der Waals surface area contributed by atoms with E-state index in [1.54, 1.807) is 0 Å². The summed E-state index contributed by atoms with van der Waals surface area (Å²) in [6, 6.07) is 3.92. The van der Waals surface area contributed by atoms with E-state index in [-0.39, 0.29) is 12.4 Å². The van der Waals surface area contributed by atoms with Gasteiger partial charge in [-0.1, -0.05) is 15.9 Å². The topological polar surface area (TPSA) is 43.3 Å². The number of hydrogen-bond acceptors (Lipinski definition) is 2. The van der Waals surface area contributed by atoms with Crippen molar-refractivity contribution in [2.45, 2.75) is 6.54 Å². The van der Waals surface area contributed by atoms with E-state index in [4.69, 9.17) is 5.73 Å². The van der Waals surface area contributed by atoms with Crippen LogP contribution in [0.3, 0.4) is 0 Å². The highest BCUT2D eigenvalue weighted by Crippen LogP contribution is 2.12. The van der Waals surface area contributed by atoms with Crippen molar-refractivity contribution in [2.24, 2.45) is 5.73 Å². The summed E-state index contributed by atoms with van der Waals surface area (Å²) in [6.07, 6.45) is 3.88. The lowest BCUT2D eigenvalue weighted by Gasteiger charge is -1.91. The van der Waals surface area contributed by atoms with E-state index in [1.165, 1.54) is 0 Å². The van der Waals surface area contributed by atoms with Crippen molar-refractivity contribution >= 4 is 34.0 Å². The number of fused-ring (bicyclic) bond motifs is 1. The number of nitrogens with two attached hydrogens (primary N) is 1. The lowest BCUT2D eigenvalue weighted by molar-refractivity contribution is 1.02. The Balaban J connectivity index is 0.000000845. The molecule has 0 spiro atoms. The van der Waals surface area contributed by atoms with E-state index in [9.17, 15) is 0 Å². The molecule has 70 valence electrons. The summed E-state index contributed by atoms with van der Waals surface area (Å²) in [6.45, 7) is 0.485. The molecule has 0 saturated carbocycles. The molecule has 0 saturated heterocycles. The van der Waals surface area contributed by atoms with Gasteiger partial charge in [0.15, 0.2) is 0 Å². The molecule has 0 aliphatic heterocycles. The van der Waals surface area contributed by atoms with Gasteiger partial charge in [0.2, 0.25) is 0 Å². The number of nitrogens with zero attached hydrogens (tertiary/aromatic N) is 2. The van der Waals surface area contributed by atoms with E-state index >= 15 is 0 Å². The maximum atomic E-state index is 5.46. The van der Waals surface area contributed by atoms with Crippen LogP contribution < -0.4 is 5.73 Å². The van der Waals surface area contributed by atoms with Gasteiger partial charge in [-0.25, -0.2) is 4.98 Å². The Morgan fingerprint density at radius 1 is 1.54 bits per heavy atom. The van der Waals surface area contributed by atoms with Gasteiger partial charge in [-0.3, -0.25) is 0 Å². The second kappa shape index (κ2) is 4.09. The number of aromatic nitrogens is 2. The van der Waals surface area contributed by atoms with Gasteiger partial charge >= 0.3 is 0 Å². The fraction of sp³-hybridized carbons (Fsp3) is 0.125. The van der Waals surface area contributed by atoms with Crippen molar-refractivity contribution < 1.29 is 0 Å². The van der Waals surface area contributed by atoms with Gasteiger partial charge in [-0.15, -0.1) is 12.4 Å². The first kappa shape index (κ1) is 10.5. The number of pyridine rings is 1. The molecule has 0 atom stereocenters. The lowest BCUT2D eigenvalue weighted by atomic mass is 10.5. The standard InChI is InChI=1S/C8H8BrN3.ClH/c9-6-1-2-12-5-7(4-10)11-8(12)3-6;/h1-3,5H,4,10H2;1H. The van der Waals surface area contributed by atoms with E-state index in [2.05, 4.69) is 20.9 Å². The summed E-state index contributed by atoms with van der Waals surface area (Å²) in [5.74, 6) is 0. The minimum Gasteiger partial charge on any atom is -0.325 e. The summed E-state index contributed by atoms with van der Waals surface area (Å²) >= 11 is 3.38. The van der Waals surface area contributed by atoms with Gasteiger partial charge in [0.05, 0.1) is 5.69 Å². The molecule has 0 radical (unpaired) electrons. The van der Waals surface area contributed by atoms with E-state index in [0.717, 1.165) is 15.8 Å². The van der Waals surface area contributed by atoms with E-state index < -0.39 is 0 Å². The number of imidazole rings is 1. The van der Waals surface area contributed by atoms with Crippen LogP contribution in [0.15, 0.2) is 29.0 Å². The smallest absolute Gasteiger partial charge is 0.138 e. The molecule has 0 amide bonds. The van der Waals surface area contributed by atoms with Gasteiger partial charge in [-0.05, 0) is 12.1 Å². The van der Waals surface area contributed by atoms with Crippen LogP contribution >= 0.6 is 28.3 Å². The Bertz CT molecular complexity index is 413. The van der Waals surface area contributed by atoms with E-state index in [0.29, 0.717) is 6.54 Å². The third kappa shape index (κ3) is 2.02. The Kier molecular flexibility index (Phi) is 3.30. The summed E-state index contributed by atoms with van der Waals surface area (Å²) in [7, 11) is 0. The van der Waals surface area contributed by atoms with Crippen LogP contribution in [-0.2, 0) is 6.54 Å². The maximum Gasteiger partial charge on any atom is 0.138 e. The van der Waals surface area contributed by atoms with Crippen LogP contribution in [0, 0.1) is 0 Å². The molecule has 2 heterocycles. The molecule has 0 aliphatic carbocycles. The molecule has 2 aromatic rings. The summed E-state index contributed by atoms with van der Waals surface area (Å²) in [5, 5.41) is 0. The second-order valence-corrected chi connectivity index (χ2v) is 3.46. The third-order valence-electron chi connectivity index (χ3n) is 1.68. The van der Waals surface area contributed by atoms with Crippen LogP contribution in [0.4, 0.5) is 0 Å². The number of hydrogen-bond donors (Lipinski definition) is 1. The fourth-order valence-electron chi connectivity index (χ4n) is 1.11. The molecule has 0 aromatic carbocycles. The average Bonchev–Trinajstić information content (AvgIpc) is 2.46. The number of rotatable bonds is 1. The van der Waals surface area contributed by atoms with Crippen molar-refractivity contribution in [1.29, 1.82) is 0 Å². The Morgan fingerprint density at radius 2 is 2.31 bits per heavy atom. The van der Waals surface area contributed by atoms with Crippen molar-refractivity contribution in [3.8, 4) is 0 Å². The van der Waals surface area contributed by atoms with Gasteiger partial charge < -0.3 is 10.1 Å². The molecular formula is C8H9BrClN3. The minimum atomic E-state index is 0. The van der Waals surface area contributed by atoms with Crippen molar-refractivity contribution in [2.75, 3.05) is 0 Å². The normalized spacial score (nSPS) is 10.0. The quantitative estimate of drug-likeness (QED) is 0.854. The Hall–Kier alpha value is -0.580. The molecule has 0 bridgehead atoms. The second-order valence-electron chi connectivity index (χ2n) is 2.55. The molecule has 2 rings (SSSR count). The van der Waals surface area contributed by atoms with Gasteiger partial charge in [0.25, 0.3) is 0 Å². The maximum absolute atomic E-state index is 5.46. The van der Waals surface area contributed by atoms with Crippen LogP contribution in [-0.4, -0.2) is 9.38 Å². The molecule has 0 unspecified atom stereocenters. The summed E-state index contributed by atoms with van der Waals surface area (Å²) in [4.78, 5) is 4.30. The molecule has 0 aliphatic rings. The highest BCUT2D eigenvalue weighted by atomic mass is 79.9. The highest BCUT2D eigenvalue weighted by Gasteiger charge is 1.98. The highest BCUT2D eigenvalue weighted by molar-refractivity contribution is 9.10. The van der Waals surface area contributed by atoms with Crippen molar-refractivity contribution in [1.82, 2.24) is 9.38 Å². The van der Waals surface area contributed by atoms with Gasteiger partial charge in [0.1, 0.15) is 5.65 Å². The van der Waals surface area contributed by atoms with Crippen LogP contribution in [0.5, 0.6) is 0 Å². The molecule has 2 aromatic heterocycles. The zero-order chi connectivity index (χ0) is 8.55. The predicted molar refractivity (Wildman–Crippen MR) is 58.0 cm³/mol. The lowest BCUT2D eigenvalue weighted by Crippen LogP contribution is -1.95. The van der Waals surface area contributed by atoms with Crippen molar-refractivity contribution in [3.05, 3.63) is 34.7 Å². The first-order valence-corrected chi connectivity index (χ1v) is 4.42. The van der Waals surface area contributed by atoms with Crippen molar-refractivity contribution in [3.63, 3.8) is 0 Å². The average molecular weight is 263 g/mol. The van der Waals surface area contributed by atoms with Crippen LogP contribution in [0.25, 0.3) is 5.65 Å². The SMILES string of the molecule is Cl.NCc1cn2ccc(Br)cc2n1. The molecular weight excluding hydrogens is 253 g/mol. The summed E-state index contributed by atoms with van der Waals surface area (Å²) < 4.78 is 2.98. The molecule has 0 fully saturated rings. The first-order valence-electron chi connectivity index (χ1n) is 3.63. The van der Waals surface area contributed by atoms with Crippen LogP contribution in [0.1, 0.15) is 5.69 Å². The van der Waals surface area contributed by atoms with Gasteiger partial charge in [-0.2, -0.15) is 0 Å². The minimum absolute atomic E-state index is 0. The predicted octanol–water partition coefficient (Wildman–Crippen LogP) is 1.98. The van der Waals surface area contributed by atoms with E-state index in [1.807, 2.05) is 28.9 Å². The molecule has 13 heavy (non-hydrogen) atoms. The molecule has 2 N–H and O–H groups in total. The zero-order valence-electron chi connectivity index (χ0n) is 6.77. The third-order valence-corrected chi connectivity index (χ3v) is 2.17. The Morgan fingerprint density at radius 3 is 3.00 bits per heavy atom. The largest absolute Gasteiger partial charge is 0.325 e. The number of halogens is 2. The zero-order valence-corrected chi connectivity index (χ0v) is 9.18. The first-order chi connectivity index (χ1) is 5.79. The molecule has 5 heteroatoms. The monoisotopic (exact) mass is 261 g/mol. The van der Waals surface area contributed by atoms with Gasteiger partial charge in [0, 0.05) is 23.4 Å². The fourth-order valence-corrected chi connectivity index (χ4v) is 1.43. The summed E-state index contributed by atoms with van der Waals surface area (Å²) in [5.41, 5.74) is 7.30. The van der Waals surface area contributed by atoms with Crippen LogP contribution in [0.2, 0.25) is 0 Å².